The van der Waals surface area contributed by atoms with E-state index < -0.39 is 7.04 Å². The molecule has 1 N–H and O–H groups in total. The minimum Gasteiger partial charge on any atom is -0.489 e. The maximum atomic E-state index is 8.81. The van der Waals surface area contributed by atoms with Crippen molar-refractivity contribution in [2.45, 2.75) is 26.1 Å². The Balaban J connectivity index is 0.000000215. The minimum atomic E-state index is -2.32. The van der Waals surface area contributed by atoms with E-state index in [1.54, 1.807) is 0 Å². The number of benzene rings is 4. The number of rotatable bonds is 11. The lowest BCUT2D eigenvalue weighted by atomic mass is 10.1. The highest BCUT2D eigenvalue weighted by Crippen LogP contribution is 2.15. The average Bonchev–Trinajstić information content (AvgIpc) is 2.93. The van der Waals surface area contributed by atoms with E-state index in [0.29, 0.717) is 26.1 Å². The van der Waals surface area contributed by atoms with Gasteiger partial charge in [-0.3, -0.25) is 0 Å². The molecule has 0 saturated carbocycles. The van der Waals surface area contributed by atoms with Crippen molar-refractivity contribution in [3.8, 4) is 11.5 Å². The van der Waals surface area contributed by atoms with E-state index in [-0.39, 0.29) is 13.2 Å². The quantitative estimate of drug-likeness (QED) is 0.279. The zero-order valence-electron chi connectivity index (χ0n) is 22.8. The Morgan fingerprint density at radius 1 is 0.571 bits per heavy atom. The predicted molar refractivity (Wildman–Crippen MR) is 141 cm³/mol. The van der Waals surface area contributed by atoms with E-state index in [0.717, 1.165) is 33.8 Å². The lowest BCUT2D eigenvalue weighted by Crippen LogP contribution is -1.96. The maximum Gasteiger partial charge on any atom is 0.119 e. The molecular formula is C31H34O4. The Morgan fingerprint density at radius 2 is 1.03 bits per heavy atom. The van der Waals surface area contributed by atoms with Crippen LogP contribution in [0.25, 0.3) is 0 Å². The number of aliphatic hydroxyl groups is 1. The fourth-order valence-corrected chi connectivity index (χ4v) is 3.28. The molecular weight excluding hydrogens is 436 g/mol. The highest BCUT2D eigenvalue weighted by molar-refractivity contribution is 5.29. The normalized spacial score (nSPS) is 11.9. The van der Waals surface area contributed by atoms with Crippen LogP contribution in [0.4, 0.5) is 0 Å². The molecule has 182 valence electrons. The molecule has 0 bridgehead atoms. The van der Waals surface area contributed by atoms with Crippen LogP contribution in [0, 0.1) is 0 Å². The van der Waals surface area contributed by atoms with Crippen LogP contribution >= 0.6 is 0 Å². The second kappa shape index (κ2) is 15.3. The first-order valence-electron chi connectivity index (χ1n) is 13.2. The lowest BCUT2D eigenvalue weighted by Gasteiger charge is -2.07. The summed E-state index contributed by atoms with van der Waals surface area (Å²) in [6.07, 6.45) is 1.26. The Hall–Kier alpha value is -3.60. The van der Waals surface area contributed by atoms with Crippen LogP contribution < -0.4 is 9.47 Å². The second-order valence-electron chi connectivity index (χ2n) is 7.91. The lowest BCUT2D eigenvalue weighted by molar-refractivity contribution is 0.202. The SMILES string of the molecule is OCCc1ccc(OCc2ccccc2)cc1.[2H]C([2H])([2H])OCCc1ccc(OCc2ccccc2)cc1. The van der Waals surface area contributed by atoms with Crippen molar-refractivity contribution < 1.29 is 23.4 Å². The molecule has 4 aromatic rings. The van der Waals surface area contributed by atoms with E-state index in [2.05, 4.69) is 0 Å². The molecule has 0 radical (unpaired) electrons. The number of methoxy groups -OCH3 is 1. The summed E-state index contributed by atoms with van der Waals surface area (Å²) in [4.78, 5) is 0. The molecule has 0 aliphatic heterocycles. The van der Waals surface area contributed by atoms with Gasteiger partial charge in [0.1, 0.15) is 24.7 Å². The smallest absolute Gasteiger partial charge is 0.119 e. The summed E-state index contributed by atoms with van der Waals surface area (Å²) in [7, 11) is -2.32. The topological polar surface area (TPSA) is 47.9 Å². The van der Waals surface area contributed by atoms with Crippen molar-refractivity contribution >= 4 is 0 Å². The number of hydrogen-bond donors (Lipinski definition) is 1. The molecule has 0 aliphatic rings. The molecule has 0 fully saturated rings. The van der Waals surface area contributed by atoms with Gasteiger partial charge in [0.25, 0.3) is 0 Å². The summed E-state index contributed by atoms with van der Waals surface area (Å²) in [5, 5.41) is 8.81. The molecule has 4 aromatic carbocycles. The van der Waals surface area contributed by atoms with Crippen LogP contribution in [0.2, 0.25) is 0 Å². The van der Waals surface area contributed by atoms with Gasteiger partial charge in [0, 0.05) is 13.6 Å². The van der Waals surface area contributed by atoms with Crippen LogP contribution in [0.5, 0.6) is 11.5 Å². The summed E-state index contributed by atoms with van der Waals surface area (Å²) >= 11 is 0. The molecule has 0 spiro atoms. The summed E-state index contributed by atoms with van der Waals surface area (Å²) in [6, 6.07) is 35.5. The number of ether oxygens (including phenoxy) is 3. The van der Waals surface area contributed by atoms with Gasteiger partial charge in [0.05, 0.1) is 10.7 Å². The van der Waals surface area contributed by atoms with Crippen molar-refractivity contribution in [3.05, 3.63) is 131 Å². The first-order valence-corrected chi connectivity index (χ1v) is 11.7. The Labute approximate surface area is 213 Å². The molecule has 35 heavy (non-hydrogen) atoms. The Bertz CT molecular complexity index is 1160. The third-order valence-corrected chi connectivity index (χ3v) is 5.24. The first-order chi connectivity index (χ1) is 18.4. The fraction of sp³-hybridized carbons (Fsp3) is 0.226. The van der Waals surface area contributed by atoms with Crippen molar-refractivity contribution in [1.29, 1.82) is 0 Å². The van der Waals surface area contributed by atoms with E-state index in [1.807, 2.05) is 109 Å². The molecule has 4 heteroatoms. The average molecular weight is 474 g/mol. The van der Waals surface area contributed by atoms with Gasteiger partial charge in [-0.2, -0.15) is 0 Å². The van der Waals surface area contributed by atoms with Gasteiger partial charge < -0.3 is 19.3 Å². The van der Waals surface area contributed by atoms with Gasteiger partial charge in [0.15, 0.2) is 0 Å². The van der Waals surface area contributed by atoms with Crippen LogP contribution in [0.15, 0.2) is 109 Å². The molecule has 0 heterocycles. The van der Waals surface area contributed by atoms with Crippen LogP contribution in [0.1, 0.15) is 26.4 Å². The first kappa shape index (κ1) is 21.9. The molecule has 0 atom stereocenters. The molecule has 4 nitrogen and oxygen atoms in total. The zero-order chi connectivity index (χ0) is 27.1. The Morgan fingerprint density at radius 3 is 1.46 bits per heavy atom. The highest BCUT2D eigenvalue weighted by Gasteiger charge is 1.98. The molecule has 0 amide bonds. The molecule has 4 rings (SSSR count). The summed E-state index contributed by atoms with van der Waals surface area (Å²) in [5.41, 5.74) is 4.42. The van der Waals surface area contributed by atoms with Gasteiger partial charge >= 0.3 is 0 Å². The van der Waals surface area contributed by atoms with Gasteiger partial charge in [-0.15, -0.1) is 0 Å². The number of aliphatic hydroxyl groups excluding tert-OH is 1. The molecule has 0 saturated heterocycles. The van der Waals surface area contributed by atoms with E-state index >= 15 is 0 Å². The second-order valence-corrected chi connectivity index (χ2v) is 7.91. The van der Waals surface area contributed by atoms with Crippen molar-refractivity contribution in [2.24, 2.45) is 0 Å². The summed E-state index contributed by atoms with van der Waals surface area (Å²) in [6.45, 7) is 1.48. The van der Waals surface area contributed by atoms with E-state index in [4.69, 9.17) is 23.4 Å². The molecule has 0 aromatic heterocycles. The predicted octanol–water partition coefficient (Wildman–Crippen LogP) is 6.25. The summed E-state index contributed by atoms with van der Waals surface area (Å²) in [5.74, 6) is 1.65. The Kier molecular flexibility index (Phi) is 9.59. The third-order valence-electron chi connectivity index (χ3n) is 5.24. The van der Waals surface area contributed by atoms with Crippen molar-refractivity contribution in [1.82, 2.24) is 0 Å². The van der Waals surface area contributed by atoms with Crippen LogP contribution in [-0.2, 0) is 30.8 Å². The van der Waals surface area contributed by atoms with Gasteiger partial charge in [-0.25, -0.2) is 0 Å². The van der Waals surface area contributed by atoms with Gasteiger partial charge in [-0.1, -0.05) is 84.9 Å². The maximum absolute atomic E-state index is 8.81. The number of hydrogen-bond acceptors (Lipinski definition) is 4. The van der Waals surface area contributed by atoms with E-state index in [9.17, 15) is 0 Å². The van der Waals surface area contributed by atoms with Crippen molar-refractivity contribution in [3.63, 3.8) is 0 Å². The highest BCUT2D eigenvalue weighted by atomic mass is 16.5. The standard InChI is InChI=1S/C16H18O2.C15H16O2/c1-17-12-11-14-7-9-16(10-8-14)18-13-15-5-3-2-4-6-15;16-11-10-13-6-8-15(9-7-13)17-12-14-4-2-1-3-5-14/h2-10H,11-13H2,1H3;1-9,16H,10-12H2/i1D3;. The van der Waals surface area contributed by atoms with Gasteiger partial charge in [-0.05, 0) is 59.4 Å². The van der Waals surface area contributed by atoms with Crippen LogP contribution in [0.3, 0.4) is 0 Å². The third kappa shape index (κ3) is 10.0. The van der Waals surface area contributed by atoms with E-state index in [1.165, 1.54) is 0 Å². The zero-order valence-corrected chi connectivity index (χ0v) is 19.8. The minimum absolute atomic E-state index is 0.181. The van der Waals surface area contributed by atoms with Crippen molar-refractivity contribution in [2.75, 3.05) is 20.3 Å². The molecule has 0 aliphatic carbocycles. The van der Waals surface area contributed by atoms with Gasteiger partial charge in [0.2, 0.25) is 0 Å². The molecule has 0 unspecified atom stereocenters. The largest absolute Gasteiger partial charge is 0.489 e. The monoisotopic (exact) mass is 473 g/mol. The fourth-order valence-electron chi connectivity index (χ4n) is 3.28. The van der Waals surface area contributed by atoms with Crippen LogP contribution in [-0.4, -0.2) is 25.4 Å². The summed E-state index contributed by atoms with van der Waals surface area (Å²) < 4.78 is 37.0.